The molecule has 0 aliphatic carbocycles. The fourth-order valence-corrected chi connectivity index (χ4v) is 2.05. The minimum Gasteiger partial charge on any atom is -0.383 e. The van der Waals surface area contributed by atoms with E-state index in [1.54, 1.807) is 7.11 Å². The van der Waals surface area contributed by atoms with E-state index in [1.165, 1.54) is 4.31 Å². The van der Waals surface area contributed by atoms with E-state index in [1.807, 2.05) is 0 Å². The van der Waals surface area contributed by atoms with E-state index in [4.69, 9.17) is 9.88 Å². The number of rotatable bonds is 3. The lowest BCUT2D eigenvalue weighted by molar-refractivity contribution is 0.0821. The van der Waals surface area contributed by atoms with Gasteiger partial charge in [0, 0.05) is 13.7 Å². The maximum absolute atomic E-state index is 10.7. The molecule has 1 saturated heterocycles. The lowest BCUT2D eigenvalue weighted by Gasteiger charge is -2.37. The first-order valence-electron chi connectivity index (χ1n) is 3.34. The molecule has 1 aliphatic heterocycles. The quantitative estimate of drug-likeness (QED) is 0.600. The van der Waals surface area contributed by atoms with E-state index >= 15 is 0 Å². The lowest BCUT2D eigenvalue weighted by atomic mass is 10.1. The molecule has 0 spiro atoms. The highest BCUT2D eigenvalue weighted by atomic mass is 32.2. The average Bonchev–Trinajstić information content (AvgIpc) is 1.75. The molecule has 1 atom stereocenters. The molecule has 1 heterocycles. The lowest BCUT2D eigenvalue weighted by Crippen LogP contribution is -2.55. The van der Waals surface area contributed by atoms with Gasteiger partial charge in [-0.15, -0.1) is 0 Å². The number of hydrogen-bond donors (Lipinski definition) is 1. The first-order chi connectivity index (χ1) is 5.05. The molecule has 2 N–H and O–H groups in total. The molecule has 1 rings (SSSR count). The number of hydrogen-bond acceptors (Lipinski definition) is 3. The summed E-state index contributed by atoms with van der Waals surface area (Å²) in [5, 5.41) is 4.90. The van der Waals surface area contributed by atoms with Crippen molar-refractivity contribution < 1.29 is 13.2 Å². The van der Waals surface area contributed by atoms with Crippen molar-refractivity contribution in [1.82, 2.24) is 4.31 Å². The molecule has 6 heteroatoms. The third-order valence-electron chi connectivity index (χ3n) is 1.78. The topological polar surface area (TPSA) is 72.6 Å². The van der Waals surface area contributed by atoms with Gasteiger partial charge in [-0.05, 0) is 6.42 Å². The van der Waals surface area contributed by atoms with Crippen LogP contribution >= 0.6 is 0 Å². The van der Waals surface area contributed by atoms with Gasteiger partial charge in [-0.1, -0.05) is 0 Å². The summed E-state index contributed by atoms with van der Waals surface area (Å²) in [6.07, 6.45) is 0.838. The van der Waals surface area contributed by atoms with E-state index in [0.29, 0.717) is 13.2 Å². The number of nitrogens with zero attached hydrogens (tertiary/aromatic N) is 1. The Bertz CT molecular complexity index is 226. The van der Waals surface area contributed by atoms with Crippen LogP contribution in [0, 0.1) is 0 Å². The molecule has 0 aromatic heterocycles. The summed E-state index contributed by atoms with van der Waals surface area (Å²) in [5.41, 5.74) is 0. The van der Waals surface area contributed by atoms with Crippen molar-refractivity contribution in [2.75, 3.05) is 20.3 Å². The van der Waals surface area contributed by atoms with Crippen molar-refractivity contribution in [3.63, 3.8) is 0 Å². The molecule has 0 radical (unpaired) electrons. The highest BCUT2D eigenvalue weighted by molar-refractivity contribution is 7.86. The summed E-state index contributed by atoms with van der Waals surface area (Å²) in [6, 6.07) is -0.0463. The van der Waals surface area contributed by atoms with Crippen LogP contribution in [0.3, 0.4) is 0 Å². The smallest absolute Gasteiger partial charge is 0.277 e. The molecule has 0 saturated carbocycles. The van der Waals surface area contributed by atoms with E-state index < -0.39 is 10.2 Å². The Morgan fingerprint density at radius 1 is 1.73 bits per heavy atom. The Balaban J connectivity index is 2.50. The highest BCUT2D eigenvalue weighted by Gasteiger charge is 2.35. The molecule has 1 unspecified atom stereocenters. The molecule has 0 aromatic carbocycles. The fourth-order valence-electron chi connectivity index (χ4n) is 1.11. The molecular formula is C5H12N2O3S. The number of nitrogens with two attached hydrogens (primary N) is 1. The summed E-state index contributed by atoms with van der Waals surface area (Å²) in [4.78, 5) is 0. The SMILES string of the molecule is COCC1CCN1S(N)(=O)=O. The Hall–Kier alpha value is -0.170. The van der Waals surface area contributed by atoms with E-state index in [-0.39, 0.29) is 6.04 Å². The van der Waals surface area contributed by atoms with Gasteiger partial charge in [-0.3, -0.25) is 0 Å². The fraction of sp³-hybridized carbons (Fsp3) is 1.00. The Kier molecular flexibility index (Phi) is 2.48. The summed E-state index contributed by atoms with van der Waals surface area (Å²) >= 11 is 0. The molecule has 0 aromatic rings. The first-order valence-corrected chi connectivity index (χ1v) is 4.84. The van der Waals surface area contributed by atoms with Gasteiger partial charge < -0.3 is 4.74 Å². The highest BCUT2D eigenvalue weighted by Crippen LogP contribution is 2.19. The van der Waals surface area contributed by atoms with Crippen LogP contribution in [-0.4, -0.2) is 39.0 Å². The summed E-state index contributed by atoms with van der Waals surface area (Å²) in [7, 11) is -1.94. The minimum absolute atomic E-state index is 0.0463. The van der Waals surface area contributed by atoms with Crippen molar-refractivity contribution in [2.45, 2.75) is 12.5 Å². The van der Waals surface area contributed by atoms with Gasteiger partial charge in [0.25, 0.3) is 10.2 Å². The van der Waals surface area contributed by atoms with Crippen LogP contribution in [0.15, 0.2) is 0 Å². The zero-order valence-electron chi connectivity index (χ0n) is 6.36. The second kappa shape index (κ2) is 3.06. The molecule has 0 bridgehead atoms. The standard InChI is InChI=1S/C5H12N2O3S/c1-10-4-5-2-3-7(5)11(6,8)9/h5H,2-4H2,1H3,(H2,6,8,9). The van der Waals surface area contributed by atoms with Gasteiger partial charge in [0.15, 0.2) is 0 Å². The monoisotopic (exact) mass is 180 g/mol. The first kappa shape index (κ1) is 8.92. The second-order valence-corrected chi connectivity index (χ2v) is 4.05. The van der Waals surface area contributed by atoms with E-state index in [2.05, 4.69) is 0 Å². The molecule has 5 nitrogen and oxygen atoms in total. The average molecular weight is 180 g/mol. The Morgan fingerprint density at radius 3 is 2.64 bits per heavy atom. The zero-order valence-corrected chi connectivity index (χ0v) is 7.17. The maximum Gasteiger partial charge on any atom is 0.277 e. The van der Waals surface area contributed by atoms with Crippen LogP contribution in [0.1, 0.15) is 6.42 Å². The van der Waals surface area contributed by atoms with Gasteiger partial charge in [-0.25, -0.2) is 5.14 Å². The summed E-state index contributed by atoms with van der Waals surface area (Å²) < 4.78 is 27.5. The van der Waals surface area contributed by atoms with Crippen LogP contribution in [0.5, 0.6) is 0 Å². The van der Waals surface area contributed by atoms with E-state index in [0.717, 1.165) is 6.42 Å². The van der Waals surface area contributed by atoms with Crippen molar-refractivity contribution in [3.05, 3.63) is 0 Å². The van der Waals surface area contributed by atoms with Crippen molar-refractivity contribution in [3.8, 4) is 0 Å². The number of ether oxygens (including phenoxy) is 1. The number of methoxy groups -OCH3 is 1. The molecule has 1 aliphatic rings. The normalized spacial score (nSPS) is 26.5. The largest absolute Gasteiger partial charge is 0.383 e. The van der Waals surface area contributed by atoms with Crippen LogP contribution in [0.4, 0.5) is 0 Å². The third kappa shape index (κ3) is 1.90. The van der Waals surface area contributed by atoms with Gasteiger partial charge in [0.05, 0.1) is 12.6 Å². The predicted octanol–water partition coefficient (Wildman–Crippen LogP) is -1.09. The van der Waals surface area contributed by atoms with Crippen molar-refractivity contribution in [1.29, 1.82) is 0 Å². The van der Waals surface area contributed by atoms with Crippen LogP contribution in [0.2, 0.25) is 0 Å². The molecule has 11 heavy (non-hydrogen) atoms. The Morgan fingerprint density at radius 2 is 2.36 bits per heavy atom. The summed E-state index contributed by atoms with van der Waals surface area (Å²) in [6.45, 7) is 0.948. The minimum atomic E-state index is -3.48. The summed E-state index contributed by atoms with van der Waals surface area (Å²) in [5.74, 6) is 0. The van der Waals surface area contributed by atoms with Crippen molar-refractivity contribution in [2.24, 2.45) is 5.14 Å². The van der Waals surface area contributed by atoms with E-state index in [9.17, 15) is 8.42 Å². The van der Waals surface area contributed by atoms with Gasteiger partial charge in [0.2, 0.25) is 0 Å². The molecular weight excluding hydrogens is 168 g/mol. The zero-order chi connectivity index (χ0) is 8.48. The predicted molar refractivity (Wildman–Crippen MR) is 40.1 cm³/mol. The van der Waals surface area contributed by atoms with Gasteiger partial charge in [0.1, 0.15) is 0 Å². The third-order valence-corrected chi connectivity index (χ3v) is 2.91. The van der Waals surface area contributed by atoms with Gasteiger partial charge >= 0.3 is 0 Å². The van der Waals surface area contributed by atoms with Crippen LogP contribution in [0.25, 0.3) is 0 Å². The second-order valence-electron chi connectivity index (χ2n) is 2.55. The molecule has 66 valence electrons. The van der Waals surface area contributed by atoms with Crippen LogP contribution < -0.4 is 5.14 Å². The maximum atomic E-state index is 10.7. The van der Waals surface area contributed by atoms with Crippen molar-refractivity contribution >= 4 is 10.2 Å². The van der Waals surface area contributed by atoms with Gasteiger partial charge in [-0.2, -0.15) is 12.7 Å². The van der Waals surface area contributed by atoms with Crippen LogP contribution in [-0.2, 0) is 14.9 Å². The molecule has 1 fully saturated rings. The Labute approximate surface area is 66.3 Å². The molecule has 0 amide bonds.